The van der Waals surface area contributed by atoms with Crippen LogP contribution in [0.4, 0.5) is 5.69 Å². The van der Waals surface area contributed by atoms with E-state index < -0.39 is 0 Å². The summed E-state index contributed by atoms with van der Waals surface area (Å²) in [4.78, 5) is 2.53. The van der Waals surface area contributed by atoms with E-state index in [1.807, 2.05) is 6.08 Å². The molecule has 0 aliphatic carbocycles. The van der Waals surface area contributed by atoms with Crippen molar-refractivity contribution in [2.24, 2.45) is 5.41 Å². The van der Waals surface area contributed by atoms with E-state index in [9.17, 15) is 0 Å². The maximum absolute atomic E-state index is 4.13. The van der Waals surface area contributed by atoms with Crippen molar-refractivity contribution < 1.29 is 0 Å². The highest BCUT2D eigenvalue weighted by atomic mass is 15.2. The molecule has 21 heavy (non-hydrogen) atoms. The summed E-state index contributed by atoms with van der Waals surface area (Å²) in [6, 6.07) is 11.2. The number of para-hydroxylation sites is 1. The third kappa shape index (κ3) is 6.66. The predicted octanol–water partition coefficient (Wildman–Crippen LogP) is 5.84. The molecule has 1 unspecified atom stereocenters. The van der Waals surface area contributed by atoms with Crippen LogP contribution in [0.1, 0.15) is 47.0 Å². The highest BCUT2D eigenvalue weighted by molar-refractivity contribution is 5.47. The Bertz CT molecular complexity index is 439. The number of rotatable bonds is 8. The molecule has 0 radical (unpaired) electrons. The topological polar surface area (TPSA) is 3.24 Å². The first kappa shape index (κ1) is 17.6. The van der Waals surface area contributed by atoms with Gasteiger partial charge in [-0.3, -0.25) is 0 Å². The van der Waals surface area contributed by atoms with Gasteiger partial charge in [0.1, 0.15) is 0 Å². The van der Waals surface area contributed by atoms with Gasteiger partial charge >= 0.3 is 0 Å². The van der Waals surface area contributed by atoms with Gasteiger partial charge in [0.2, 0.25) is 0 Å². The van der Waals surface area contributed by atoms with E-state index in [0.717, 1.165) is 25.8 Å². The molecule has 0 N–H and O–H groups in total. The second-order valence-electron chi connectivity index (χ2n) is 7.19. The Balaban J connectivity index is 3.03. The van der Waals surface area contributed by atoms with Crippen LogP contribution in [0.15, 0.2) is 55.1 Å². The van der Waals surface area contributed by atoms with E-state index in [2.05, 4.69) is 76.1 Å². The molecule has 0 saturated carbocycles. The molecule has 1 atom stereocenters. The molecule has 0 fully saturated rings. The molecule has 0 saturated heterocycles. The molecule has 0 amide bonds. The maximum Gasteiger partial charge on any atom is 0.0368 e. The van der Waals surface area contributed by atoms with Crippen molar-refractivity contribution in [2.75, 3.05) is 11.4 Å². The molecule has 1 heteroatoms. The molecule has 0 spiro atoms. The zero-order valence-corrected chi connectivity index (χ0v) is 14.2. The second kappa shape index (κ2) is 8.07. The van der Waals surface area contributed by atoms with Gasteiger partial charge in [0.25, 0.3) is 0 Å². The summed E-state index contributed by atoms with van der Waals surface area (Å²) in [7, 11) is 0. The van der Waals surface area contributed by atoms with Crippen molar-refractivity contribution in [1.82, 2.24) is 0 Å². The minimum absolute atomic E-state index is 0.307. The summed E-state index contributed by atoms with van der Waals surface area (Å²) in [5.74, 6) is 0. The summed E-state index contributed by atoms with van der Waals surface area (Å²) in [6.45, 7) is 18.1. The summed E-state index contributed by atoms with van der Waals surface area (Å²) >= 11 is 0. The lowest BCUT2D eigenvalue weighted by Gasteiger charge is -2.37. The SMILES string of the molecule is C=CCCN(c1ccccc1)C(CC(=C)C)CC(C)(C)C. The second-order valence-corrected chi connectivity index (χ2v) is 7.19. The summed E-state index contributed by atoms with van der Waals surface area (Å²) in [5, 5.41) is 0. The molecule has 1 aromatic rings. The van der Waals surface area contributed by atoms with Gasteiger partial charge in [0.15, 0.2) is 0 Å². The molecule has 0 heterocycles. The summed E-state index contributed by atoms with van der Waals surface area (Å²) in [5.41, 5.74) is 2.86. The molecule has 1 aromatic carbocycles. The van der Waals surface area contributed by atoms with Crippen LogP contribution in [0.3, 0.4) is 0 Å². The first-order valence-electron chi connectivity index (χ1n) is 7.90. The molecule has 0 aliphatic rings. The van der Waals surface area contributed by atoms with Gasteiger partial charge in [-0.05, 0) is 43.7 Å². The Hall–Kier alpha value is -1.50. The monoisotopic (exact) mass is 285 g/mol. The Morgan fingerprint density at radius 2 is 1.86 bits per heavy atom. The van der Waals surface area contributed by atoms with Gasteiger partial charge in [0, 0.05) is 18.3 Å². The van der Waals surface area contributed by atoms with Gasteiger partial charge in [-0.1, -0.05) is 50.6 Å². The van der Waals surface area contributed by atoms with Gasteiger partial charge in [0.05, 0.1) is 0 Å². The molecule has 116 valence electrons. The van der Waals surface area contributed by atoms with Crippen molar-refractivity contribution in [1.29, 1.82) is 0 Å². The normalized spacial score (nSPS) is 12.8. The lowest BCUT2D eigenvalue weighted by atomic mass is 9.85. The number of benzene rings is 1. The van der Waals surface area contributed by atoms with Gasteiger partial charge in [-0.25, -0.2) is 0 Å². The summed E-state index contributed by atoms with van der Waals surface area (Å²) in [6.07, 6.45) is 5.21. The largest absolute Gasteiger partial charge is 0.368 e. The fraction of sp³-hybridized carbons (Fsp3) is 0.500. The molecule has 0 aliphatic heterocycles. The van der Waals surface area contributed by atoms with Crippen molar-refractivity contribution in [3.63, 3.8) is 0 Å². The van der Waals surface area contributed by atoms with Crippen molar-refractivity contribution >= 4 is 5.69 Å². The Morgan fingerprint density at radius 1 is 1.24 bits per heavy atom. The van der Waals surface area contributed by atoms with E-state index in [1.165, 1.54) is 11.3 Å². The van der Waals surface area contributed by atoms with Crippen LogP contribution in [0, 0.1) is 5.41 Å². The fourth-order valence-corrected chi connectivity index (χ4v) is 2.77. The van der Waals surface area contributed by atoms with Crippen LogP contribution in [0.2, 0.25) is 0 Å². The number of hydrogen-bond donors (Lipinski definition) is 0. The van der Waals surface area contributed by atoms with E-state index in [0.29, 0.717) is 11.5 Å². The zero-order valence-electron chi connectivity index (χ0n) is 14.2. The number of anilines is 1. The highest BCUT2D eigenvalue weighted by Gasteiger charge is 2.24. The smallest absolute Gasteiger partial charge is 0.0368 e. The zero-order chi connectivity index (χ0) is 15.9. The van der Waals surface area contributed by atoms with Gasteiger partial charge in [-0.2, -0.15) is 0 Å². The van der Waals surface area contributed by atoms with E-state index in [-0.39, 0.29) is 0 Å². The van der Waals surface area contributed by atoms with Crippen LogP contribution in [0.25, 0.3) is 0 Å². The molecular formula is C20H31N. The van der Waals surface area contributed by atoms with E-state index in [4.69, 9.17) is 0 Å². The van der Waals surface area contributed by atoms with Gasteiger partial charge in [-0.15, -0.1) is 13.2 Å². The minimum atomic E-state index is 0.307. The average Bonchev–Trinajstić information content (AvgIpc) is 2.37. The molecule has 1 nitrogen and oxygen atoms in total. The first-order chi connectivity index (χ1) is 9.83. The number of hydrogen-bond acceptors (Lipinski definition) is 1. The fourth-order valence-electron chi connectivity index (χ4n) is 2.77. The van der Waals surface area contributed by atoms with Crippen molar-refractivity contribution in [2.45, 2.75) is 53.0 Å². The molecule has 1 rings (SSSR count). The first-order valence-corrected chi connectivity index (χ1v) is 7.90. The standard InChI is InChI=1S/C20H31N/c1-7-8-14-21(18-12-10-9-11-13-18)19(15-17(2)3)16-20(4,5)6/h7,9-13,19H,1-2,8,14-16H2,3-6H3. The Labute approximate surface area is 131 Å². The third-order valence-electron chi connectivity index (χ3n) is 3.53. The van der Waals surface area contributed by atoms with Crippen LogP contribution in [-0.2, 0) is 0 Å². The van der Waals surface area contributed by atoms with Crippen LogP contribution >= 0.6 is 0 Å². The van der Waals surface area contributed by atoms with E-state index in [1.54, 1.807) is 0 Å². The lowest BCUT2D eigenvalue weighted by molar-refractivity contribution is 0.328. The quantitative estimate of drug-likeness (QED) is 0.542. The van der Waals surface area contributed by atoms with Crippen LogP contribution in [-0.4, -0.2) is 12.6 Å². The minimum Gasteiger partial charge on any atom is -0.368 e. The Kier molecular flexibility index (Phi) is 6.74. The molecule has 0 aromatic heterocycles. The number of nitrogens with zero attached hydrogens (tertiary/aromatic N) is 1. The predicted molar refractivity (Wildman–Crippen MR) is 95.9 cm³/mol. The van der Waals surface area contributed by atoms with Gasteiger partial charge < -0.3 is 4.90 Å². The molecule has 0 bridgehead atoms. The van der Waals surface area contributed by atoms with Crippen molar-refractivity contribution in [3.8, 4) is 0 Å². The highest BCUT2D eigenvalue weighted by Crippen LogP contribution is 2.30. The van der Waals surface area contributed by atoms with Crippen molar-refractivity contribution in [3.05, 3.63) is 55.1 Å². The van der Waals surface area contributed by atoms with Crippen LogP contribution in [0.5, 0.6) is 0 Å². The Morgan fingerprint density at radius 3 is 2.33 bits per heavy atom. The lowest BCUT2D eigenvalue weighted by Crippen LogP contribution is -2.39. The van der Waals surface area contributed by atoms with E-state index >= 15 is 0 Å². The molecular weight excluding hydrogens is 254 g/mol. The average molecular weight is 285 g/mol. The summed E-state index contributed by atoms with van der Waals surface area (Å²) < 4.78 is 0. The maximum atomic E-state index is 4.13. The van der Waals surface area contributed by atoms with Crippen LogP contribution < -0.4 is 4.90 Å². The third-order valence-corrected chi connectivity index (χ3v) is 3.53.